The average molecular weight is 350 g/mol. The summed E-state index contributed by atoms with van der Waals surface area (Å²) in [4.78, 5) is 15.0. The molecule has 0 aliphatic heterocycles. The number of aromatic amines is 1. The lowest BCUT2D eigenvalue weighted by atomic mass is 9.91. The molecule has 1 N–H and O–H groups in total. The number of nitrogens with one attached hydrogen (secondary N) is 1. The van der Waals surface area contributed by atoms with E-state index in [4.69, 9.17) is 4.74 Å². The maximum atomic E-state index is 11.6. The van der Waals surface area contributed by atoms with Crippen molar-refractivity contribution in [3.63, 3.8) is 0 Å². The number of fused-ring (bicyclic) bond motifs is 1. The molecule has 1 saturated carbocycles. The molecule has 0 radical (unpaired) electrons. The van der Waals surface area contributed by atoms with Crippen LogP contribution in [0.3, 0.4) is 0 Å². The Balaban J connectivity index is 2.02. The minimum absolute atomic E-state index is 0.293. The maximum Gasteiger partial charge on any atom is 0.337 e. The fraction of sp³-hybridized carbons (Fsp3) is 0.471. The van der Waals surface area contributed by atoms with E-state index in [0.29, 0.717) is 11.5 Å². The molecule has 1 heterocycles. The molecule has 0 saturated heterocycles. The van der Waals surface area contributed by atoms with Crippen molar-refractivity contribution in [2.24, 2.45) is 0 Å². The molecular formula is C17H20BrNO2. The molecule has 0 spiro atoms. The topological polar surface area (TPSA) is 42.1 Å². The Hall–Kier alpha value is -1.29. The van der Waals surface area contributed by atoms with Gasteiger partial charge in [0.2, 0.25) is 0 Å². The number of halogens is 1. The zero-order valence-electron chi connectivity index (χ0n) is 12.2. The molecule has 1 aromatic carbocycles. The molecule has 21 heavy (non-hydrogen) atoms. The lowest BCUT2D eigenvalue weighted by Gasteiger charge is -2.14. The van der Waals surface area contributed by atoms with Crippen LogP contribution in [0, 0.1) is 0 Å². The largest absolute Gasteiger partial charge is 0.465 e. The van der Waals surface area contributed by atoms with Gasteiger partial charge in [-0.15, -0.1) is 0 Å². The van der Waals surface area contributed by atoms with Crippen LogP contribution >= 0.6 is 15.9 Å². The smallest absolute Gasteiger partial charge is 0.337 e. The van der Waals surface area contributed by atoms with Crippen molar-refractivity contribution in [1.29, 1.82) is 0 Å². The Bertz CT molecular complexity index is 654. The van der Waals surface area contributed by atoms with E-state index < -0.39 is 0 Å². The minimum atomic E-state index is -0.293. The summed E-state index contributed by atoms with van der Waals surface area (Å²) in [7, 11) is 1.41. The lowest BCUT2D eigenvalue weighted by Crippen LogP contribution is -2.00. The highest BCUT2D eigenvalue weighted by Crippen LogP contribution is 2.40. The van der Waals surface area contributed by atoms with Crippen molar-refractivity contribution in [2.45, 2.75) is 44.4 Å². The average Bonchev–Trinajstić information content (AvgIpc) is 2.67. The van der Waals surface area contributed by atoms with Crippen LogP contribution in [0.25, 0.3) is 10.9 Å². The van der Waals surface area contributed by atoms with E-state index in [0.717, 1.165) is 10.1 Å². The number of esters is 1. The third-order valence-electron chi connectivity index (χ3n) is 4.48. The summed E-state index contributed by atoms with van der Waals surface area (Å²) in [5, 5.41) is 1.22. The Labute approximate surface area is 133 Å². The normalized spacial score (nSPS) is 16.9. The predicted octanol–water partition coefficient (Wildman–Crippen LogP) is 5.15. The number of methoxy groups -OCH3 is 1. The van der Waals surface area contributed by atoms with Crippen molar-refractivity contribution in [1.82, 2.24) is 4.98 Å². The monoisotopic (exact) mass is 349 g/mol. The summed E-state index contributed by atoms with van der Waals surface area (Å²) >= 11 is 3.68. The quantitative estimate of drug-likeness (QED) is 0.601. The zero-order chi connectivity index (χ0) is 14.8. The number of carbonyl (C=O) groups is 1. The zero-order valence-corrected chi connectivity index (χ0v) is 13.8. The number of hydrogen-bond donors (Lipinski definition) is 1. The number of H-pyrrole nitrogens is 1. The van der Waals surface area contributed by atoms with Crippen molar-refractivity contribution >= 4 is 32.8 Å². The molecule has 0 amide bonds. The van der Waals surface area contributed by atoms with E-state index in [9.17, 15) is 4.79 Å². The van der Waals surface area contributed by atoms with Crippen molar-refractivity contribution < 1.29 is 9.53 Å². The van der Waals surface area contributed by atoms with E-state index in [1.807, 2.05) is 18.2 Å². The van der Waals surface area contributed by atoms with Crippen LogP contribution in [-0.2, 0) is 4.74 Å². The summed E-state index contributed by atoms with van der Waals surface area (Å²) in [5.74, 6) is 0.318. The molecule has 0 bridgehead atoms. The second kappa shape index (κ2) is 6.22. The SMILES string of the molecule is COC(=O)c1ccc2c(C3CCCCCC3)c(Br)[nH]c2c1. The molecule has 1 fully saturated rings. The number of ether oxygens (including phenoxy) is 1. The predicted molar refractivity (Wildman–Crippen MR) is 87.8 cm³/mol. The standard InChI is InChI=1S/C17H20BrNO2/c1-21-17(20)12-8-9-13-14(10-12)19-16(18)15(13)11-6-4-2-3-5-7-11/h8-11,19H,2-7H2,1H3. The first kappa shape index (κ1) is 14.6. The van der Waals surface area contributed by atoms with Crippen LogP contribution in [-0.4, -0.2) is 18.1 Å². The van der Waals surface area contributed by atoms with Crippen LogP contribution in [0.4, 0.5) is 0 Å². The summed E-state index contributed by atoms with van der Waals surface area (Å²) in [6, 6.07) is 5.78. The van der Waals surface area contributed by atoms with Crippen molar-refractivity contribution in [3.8, 4) is 0 Å². The van der Waals surface area contributed by atoms with Gasteiger partial charge in [0.1, 0.15) is 0 Å². The first-order valence-corrected chi connectivity index (χ1v) is 8.39. The lowest BCUT2D eigenvalue weighted by molar-refractivity contribution is 0.0601. The summed E-state index contributed by atoms with van der Waals surface area (Å²) in [6.45, 7) is 0. The molecule has 4 heteroatoms. The fourth-order valence-corrected chi connectivity index (χ4v) is 4.15. The Morgan fingerprint density at radius 3 is 2.62 bits per heavy atom. The van der Waals surface area contributed by atoms with E-state index in [1.165, 1.54) is 56.6 Å². The first-order chi connectivity index (χ1) is 10.2. The second-order valence-electron chi connectivity index (χ2n) is 5.79. The van der Waals surface area contributed by atoms with Gasteiger partial charge in [0.05, 0.1) is 17.3 Å². The van der Waals surface area contributed by atoms with Gasteiger partial charge in [-0.05, 0) is 52.4 Å². The van der Waals surface area contributed by atoms with Gasteiger partial charge in [0.25, 0.3) is 0 Å². The molecule has 0 unspecified atom stereocenters. The van der Waals surface area contributed by atoms with Gasteiger partial charge in [0, 0.05) is 10.9 Å². The van der Waals surface area contributed by atoms with Crippen LogP contribution in [0.2, 0.25) is 0 Å². The van der Waals surface area contributed by atoms with Gasteiger partial charge in [-0.3, -0.25) is 0 Å². The fourth-order valence-electron chi connectivity index (χ4n) is 3.40. The van der Waals surface area contributed by atoms with Crippen LogP contribution in [0.15, 0.2) is 22.8 Å². The minimum Gasteiger partial charge on any atom is -0.465 e. The maximum absolute atomic E-state index is 11.6. The summed E-state index contributed by atoms with van der Waals surface area (Å²) < 4.78 is 5.85. The number of aromatic nitrogens is 1. The van der Waals surface area contributed by atoms with Crippen LogP contribution < -0.4 is 0 Å². The van der Waals surface area contributed by atoms with E-state index in [-0.39, 0.29) is 5.97 Å². The van der Waals surface area contributed by atoms with Gasteiger partial charge >= 0.3 is 5.97 Å². The van der Waals surface area contributed by atoms with E-state index in [1.54, 1.807) is 0 Å². The Kier molecular flexibility index (Phi) is 4.34. The number of rotatable bonds is 2. The highest BCUT2D eigenvalue weighted by atomic mass is 79.9. The summed E-state index contributed by atoms with van der Waals surface area (Å²) in [5.41, 5.74) is 2.97. The number of carbonyl (C=O) groups excluding carboxylic acids is 1. The van der Waals surface area contributed by atoms with E-state index in [2.05, 4.69) is 20.9 Å². The van der Waals surface area contributed by atoms with Gasteiger partial charge in [-0.25, -0.2) is 4.79 Å². The summed E-state index contributed by atoms with van der Waals surface area (Å²) in [6.07, 6.45) is 7.83. The van der Waals surface area contributed by atoms with Gasteiger partial charge in [0.15, 0.2) is 0 Å². The third kappa shape index (κ3) is 2.86. The molecule has 0 atom stereocenters. The van der Waals surface area contributed by atoms with E-state index >= 15 is 0 Å². The van der Waals surface area contributed by atoms with Crippen LogP contribution in [0.5, 0.6) is 0 Å². The first-order valence-electron chi connectivity index (χ1n) is 7.60. The second-order valence-corrected chi connectivity index (χ2v) is 6.59. The van der Waals surface area contributed by atoms with Gasteiger partial charge < -0.3 is 9.72 Å². The van der Waals surface area contributed by atoms with Gasteiger partial charge in [-0.2, -0.15) is 0 Å². The molecule has 2 aromatic rings. The number of hydrogen-bond acceptors (Lipinski definition) is 2. The highest BCUT2D eigenvalue weighted by Gasteiger charge is 2.21. The Morgan fingerprint density at radius 1 is 1.24 bits per heavy atom. The van der Waals surface area contributed by atoms with Crippen molar-refractivity contribution in [3.05, 3.63) is 33.9 Å². The third-order valence-corrected chi connectivity index (χ3v) is 5.10. The molecule has 3 rings (SSSR count). The molecule has 1 aliphatic carbocycles. The van der Waals surface area contributed by atoms with Crippen LogP contribution in [0.1, 0.15) is 60.4 Å². The number of benzene rings is 1. The molecule has 3 nitrogen and oxygen atoms in total. The molecule has 1 aliphatic rings. The Morgan fingerprint density at radius 2 is 1.95 bits per heavy atom. The molecule has 1 aromatic heterocycles. The van der Waals surface area contributed by atoms with Gasteiger partial charge in [-0.1, -0.05) is 31.7 Å². The van der Waals surface area contributed by atoms with Crippen molar-refractivity contribution in [2.75, 3.05) is 7.11 Å². The molecular weight excluding hydrogens is 330 g/mol. The molecule has 112 valence electrons. The highest BCUT2D eigenvalue weighted by molar-refractivity contribution is 9.10.